The van der Waals surface area contributed by atoms with Gasteiger partial charge in [0, 0.05) is 29.9 Å². The van der Waals surface area contributed by atoms with Crippen LogP contribution >= 0.6 is 45.3 Å². The molecule has 0 bridgehead atoms. The molecule has 0 radical (unpaired) electrons. The summed E-state index contributed by atoms with van der Waals surface area (Å²) in [6, 6.07) is 37.5. The van der Waals surface area contributed by atoms with Crippen LogP contribution in [0.25, 0.3) is 21.8 Å². The predicted molar refractivity (Wildman–Crippen MR) is 299 cm³/mol. The monoisotopic (exact) mass is 984 g/mol. The van der Waals surface area contributed by atoms with Crippen LogP contribution in [0, 0.1) is 111 Å². The van der Waals surface area contributed by atoms with Gasteiger partial charge in [0.1, 0.15) is 28.8 Å². The van der Waals surface area contributed by atoms with Crippen LogP contribution in [0.15, 0.2) is 162 Å². The summed E-state index contributed by atoms with van der Waals surface area (Å²) in [6.45, 7) is 33.0. The standard InChI is InChI=1S/C12H12O.C12H12S.3C6H8O.3C6H8S/c2*1-9-5-3-4-6-11(9)12-8-7-10(2)13-12;1-5-3-7-4-6(5)2;1-5-3-6(2)7-4-5;1-5-3-4-6(2)7-5;1-5-3-7-4-6(5)2;1-5-3-6(2)7-4-5;1-5-3-4-6(2)7-5/h2*3-8H,1-2H3;6*3-4H,1-2H3. The molecule has 0 unspecified atom stereocenters. The summed E-state index contributed by atoms with van der Waals surface area (Å²) in [4.78, 5) is 6.95. The van der Waals surface area contributed by atoms with Crippen LogP contribution in [-0.4, -0.2) is 0 Å². The Kier molecular flexibility index (Phi) is 25.0. The molecular formula is C60H72O4S4. The minimum atomic E-state index is 0.954. The maximum absolute atomic E-state index is 5.55. The van der Waals surface area contributed by atoms with Crippen LogP contribution in [0.2, 0.25) is 0 Å². The summed E-state index contributed by atoms with van der Waals surface area (Å²) in [6.07, 6.45) is 5.24. The molecule has 68 heavy (non-hydrogen) atoms. The van der Waals surface area contributed by atoms with E-state index >= 15 is 0 Å². The zero-order valence-electron chi connectivity index (χ0n) is 43.1. The number of aryl methyl sites for hydroxylation is 16. The van der Waals surface area contributed by atoms with Crippen LogP contribution in [0.4, 0.5) is 0 Å². The fourth-order valence-electron chi connectivity index (χ4n) is 5.97. The second-order valence-corrected chi connectivity index (χ2v) is 21.3. The highest BCUT2D eigenvalue weighted by Crippen LogP contribution is 2.30. The van der Waals surface area contributed by atoms with Crippen molar-refractivity contribution in [3.8, 4) is 21.8 Å². The maximum Gasteiger partial charge on any atom is 0.134 e. The number of thiophene rings is 4. The van der Waals surface area contributed by atoms with Crippen LogP contribution in [0.1, 0.15) is 87.1 Å². The topological polar surface area (TPSA) is 52.6 Å². The van der Waals surface area contributed by atoms with Gasteiger partial charge in [0.25, 0.3) is 0 Å². The van der Waals surface area contributed by atoms with Crippen LogP contribution in [-0.2, 0) is 0 Å². The van der Waals surface area contributed by atoms with Gasteiger partial charge in [0.05, 0.1) is 18.8 Å². The third kappa shape index (κ3) is 22.0. The first-order valence-electron chi connectivity index (χ1n) is 22.6. The smallest absolute Gasteiger partial charge is 0.134 e. The van der Waals surface area contributed by atoms with E-state index in [1.165, 1.54) is 80.0 Å². The van der Waals surface area contributed by atoms with Gasteiger partial charge < -0.3 is 17.7 Å². The molecule has 0 amide bonds. The Morgan fingerprint density at radius 2 is 0.853 bits per heavy atom. The number of rotatable bonds is 2. The second-order valence-electron chi connectivity index (χ2n) is 16.7. The molecule has 0 N–H and O–H groups in total. The van der Waals surface area contributed by atoms with Crippen molar-refractivity contribution in [2.45, 2.75) is 111 Å². The van der Waals surface area contributed by atoms with E-state index in [9.17, 15) is 0 Å². The van der Waals surface area contributed by atoms with E-state index in [1.807, 2.05) is 114 Å². The molecule has 0 saturated heterocycles. The molecule has 8 heteroatoms. The molecule has 0 aliphatic carbocycles. The number of furan rings is 4. The number of benzene rings is 2. The van der Waals surface area contributed by atoms with Gasteiger partial charge in [-0.3, -0.25) is 0 Å². The molecule has 8 heterocycles. The molecular weight excluding hydrogens is 913 g/mol. The normalized spacial score (nSPS) is 9.76. The maximum atomic E-state index is 5.55. The Balaban J connectivity index is 0.000000210. The molecule has 4 nitrogen and oxygen atoms in total. The van der Waals surface area contributed by atoms with E-state index in [0.29, 0.717) is 0 Å². The third-order valence-corrected chi connectivity index (χ3v) is 13.9. The van der Waals surface area contributed by atoms with Crippen molar-refractivity contribution in [3.63, 3.8) is 0 Å². The average Bonchev–Trinajstić information content (AvgIpc) is 4.20. The lowest BCUT2D eigenvalue weighted by Gasteiger charge is -2.00. The molecule has 0 spiro atoms. The quantitative estimate of drug-likeness (QED) is 0.173. The van der Waals surface area contributed by atoms with E-state index in [0.717, 1.165) is 28.8 Å². The van der Waals surface area contributed by atoms with Crippen LogP contribution in [0.3, 0.4) is 0 Å². The van der Waals surface area contributed by atoms with Gasteiger partial charge >= 0.3 is 0 Å². The summed E-state index contributed by atoms with van der Waals surface area (Å²) in [5, 5.41) is 6.49. The van der Waals surface area contributed by atoms with Gasteiger partial charge in [-0.25, -0.2) is 0 Å². The summed E-state index contributed by atoms with van der Waals surface area (Å²) in [5.74, 6) is 4.86. The summed E-state index contributed by atoms with van der Waals surface area (Å²) in [5.41, 5.74) is 13.0. The van der Waals surface area contributed by atoms with Gasteiger partial charge in [-0.1, -0.05) is 48.5 Å². The summed E-state index contributed by atoms with van der Waals surface area (Å²) in [7, 11) is 0. The molecule has 0 fully saturated rings. The van der Waals surface area contributed by atoms with E-state index in [4.69, 9.17) is 17.7 Å². The number of hydrogen-bond donors (Lipinski definition) is 0. The third-order valence-electron chi connectivity index (χ3n) is 10.00. The Bertz CT molecular complexity index is 2520. The van der Waals surface area contributed by atoms with Crippen molar-refractivity contribution in [3.05, 3.63) is 231 Å². The largest absolute Gasteiger partial charge is 0.472 e. The summed E-state index contributed by atoms with van der Waals surface area (Å²) >= 11 is 7.27. The Morgan fingerprint density at radius 1 is 0.353 bits per heavy atom. The lowest BCUT2D eigenvalue weighted by Crippen LogP contribution is -1.78. The van der Waals surface area contributed by atoms with Crippen molar-refractivity contribution in [1.29, 1.82) is 0 Å². The molecule has 10 rings (SSSR count). The minimum absolute atomic E-state index is 0.954. The molecule has 0 saturated carbocycles. The van der Waals surface area contributed by atoms with Crippen molar-refractivity contribution >= 4 is 45.3 Å². The van der Waals surface area contributed by atoms with Crippen molar-refractivity contribution in [2.75, 3.05) is 0 Å². The zero-order valence-corrected chi connectivity index (χ0v) is 46.4. The highest BCUT2D eigenvalue weighted by molar-refractivity contribution is 7.15. The Morgan fingerprint density at radius 3 is 1.13 bits per heavy atom. The van der Waals surface area contributed by atoms with E-state index in [2.05, 4.69) is 145 Å². The first-order chi connectivity index (χ1) is 32.3. The van der Waals surface area contributed by atoms with Gasteiger partial charge in [0.15, 0.2) is 0 Å². The first-order valence-corrected chi connectivity index (χ1v) is 26.1. The van der Waals surface area contributed by atoms with E-state index < -0.39 is 0 Å². The summed E-state index contributed by atoms with van der Waals surface area (Å²) < 4.78 is 20.4. The molecule has 360 valence electrons. The van der Waals surface area contributed by atoms with Crippen LogP contribution < -0.4 is 0 Å². The van der Waals surface area contributed by atoms with Gasteiger partial charge in [0.2, 0.25) is 0 Å². The lowest BCUT2D eigenvalue weighted by atomic mass is 10.1. The second kappa shape index (κ2) is 30.0. The van der Waals surface area contributed by atoms with Gasteiger partial charge in [-0.15, -0.1) is 34.0 Å². The van der Waals surface area contributed by atoms with Crippen molar-refractivity contribution in [2.24, 2.45) is 0 Å². The molecule has 8 aromatic heterocycles. The minimum Gasteiger partial charge on any atom is -0.472 e. The molecule has 0 atom stereocenters. The first kappa shape index (κ1) is 56.7. The molecule has 0 aliphatic heterocycles. The SMILES string of the molecule is Cc1ccc(-c2ccccc2C)o1.Cc1ccc(-c2ccccc2C)s1.Cc1ccc(C)o1.Cc1ccc(C)s1.Cc1coc(C)c1.Cc1cocc1C.Cc1csc(C)c1.Cc1cscc1C. The van der Waals surface area contributed by atoms with Gasteiger partial charge in [-0.05, 0) is 238 Å². The lowest BCUT2D eigenvalue weighted by molar-refractivity contribution is 0.504. The highest BCUT2D eigenvalue weighted by atomic mass is 32.1. The Labute approximate surface area is 424 Å². The van der Waals surface area contributed by atoms with E-state index in [1.54, 1.807) is 41.5 Å². The molecule has 10 aromatic rings. The molecule has 2 aromatic carbocycles. The fraction of sp³-hybridized carbons (Fsp3) is 0.267. The predicted octanol–water partition coefficient (Wildman–Crippen LogP) is 20.4. The number of hydrogen-bond acceptors (Lipinski definition) is 8. The average molecular weight is 985 g/mol. The fourth-order valence-corrected chi connectivity index (χ4v) is 9.25. The van der Waals surface area contributed by atoms with Crippen molar-refractivity contribution < 1.29 is 17.7 Å². The van der Waals surface area contributed by atoms with Crippen LogP contribution in [0.5, 0.6) is 0 Å². The van der Waals surface area contributed by atoms with E-state index in [-0.39, 0.29) is 0 Å². The Hall–Kier alpha value is -5.64. The van der Waals surface area contributed by atoms with Gasteiger partial charge in [-0.2, -0.15) is 11.3 Å². The highest BCUT2D eigenvalue weighted by Gasteiger charge is 2.04. The van der Waals surface area contributed by atoms with Crippen molar-refractivity contribution in [1.82, 2.24) is 0 Å². The zero-order chi connectivity index (χ0) is 50.2. The molecule has 0 aliphatic rings.